The van der Waals surface area contributed by atoms with Crippen molar-refractivity contribution < 1.29 is 13.2 Å². The Morgan fingerprint density at radius 2 is 1.73 bits per heavy atom. The average molecular weight is 424 g/mol. The minimum Gasteiger partial charge on any atom is -0.351 e. The van der Waals surface area contributed by atoms with Crippen molar-refractivity contribution >= 4 is 22.0 Å². The number of benzene rings is 2. The highest BCUT2D eigenvalue weighted by molar-refractivity contribution is 7.89. The highest BCUT2D eigenvalue weighted by Crippen LogP contribution is 2.20. The Kier molecular flexibility index (Phi) is 7.39. The van der Waals surface area contributed by atoms with Gasteiger partial charge in [0, 0.05) is 12.6 Å². The molecule has 156 valence electrons. The lowest BCUT2D eigenvalue weighted by atomic mass is 10.1. The van der Waals surface area contributed by atoms with Crippen LogP contribution in [-0.2, 0) is 21.2 Å². The van der Waals surface area contributed by atoms with E-state index in [2.05, 4.69) is 10.0 Å². The zero-order valence-electron chi connectivity index (χ0n) is 16.7. The van der Waals surface area contributed by atoms with Crippen LogP contribution in [0, 0.1) is 11.3 Å². The monoisotopic (exact) mass is 423 g/mol. The first-order chi connectivity index (χ1) is 14.5. The van der Waals surface area contributed by atoms with E-state index in [1.807, 2.05) is 36.4 Å². The maximum Gasteiger partial charge on any atom is 0.261 e. The normalized spacial score (nSPS) is 15.0. The van der Waals surface area contributed by atoms with Crippen molar-refractivity contribution in [2.75, 3.05) is 6.54 Å². The van der Waals surface area contributed by atoms with E-state index in [1.54, 1.807) is 30.3 Å². The minimum absolute atomic E-state index is 0.0307. The third kappa shape index (κ3) is 6.02. The standard InChI is InChI=1S/C23H25N3O3S/c24-17-20(16-19-6-2-1-3-7-19)23(27)25-15-14-18-10-12-22(13-11-18)30(28,29)26-21-8-4-5-9-21/h1-3,6-7,10-13,16,21,26H,4-5,8-9,14-15H2,(H,25,27)/b20-16+. The summed E-state index contributed by atoms with van der Waals surface area (Å²) in [4.78, 5) is 12.5. The fourth-order valence-corrected chi connectivity index (χ4v) is 4.75. The molecule has 1 aliphatic rings. The molecule has 0 spiro atoms. The summed E-state index contributed by atoms with van der Waals surface area (Å²) in [7, 11) is -3.50. The van der Waals surface area contributed by atoms with E-state index in [1.165, 1.54) is 0 Å². The highest BCUT2D eigenvalue weighted by Gasteiger charge is 2.22. The molecule has 1 fully saturated rings. The summed E-state index contributed by atoms with van der Waals surface area (Å²) in [6.07, 6.45) is 5.98. The molecule has 0 aliphatic heterocycles. The molecule has 7 heteroatoms. The molecular weight excluding hydrogens is 398 g/mol. The van der Waals surface area contributed by atoms with Crippen LogP contribution in [-0.4, -0.2) is 26.9 Å². The molecule has 0 radical (unpaired) electrons. The summed E-state index contributed by atoms with van der Waals surface area (Å²) in [5, 5.41) is 12.0. The molecule has 1 aliphatic carbocycles. The number of hydrogen-bond acceptors (Lipinski definition) is 4. The van der Waals surface area contributed by atoms with Crippen LogP contribution in [0.5, 0.6) is 0 Å². The van der Waals surface area contributed by atoms with Crippen LogP contribution < -0.4 is 10.0 Å². The van der Waals surface area contributed by atoms with Crippen LogP contribution in [0.4, 0.5) is 0 Å². The van der Waals surface area contributed by atoms with Gasteiger partial charge in [-0.25, -0.2) is 13.1 Å². The van der Waals surface area contributed by atoms with E-state index in [-0.39, 0.29) is 16.5 Å². The molecular formula is C23H25N3O3S. The number of carbonyl (C=O) groups is 1. The molecule has 2 aromatic rings. The van der Waals surface area contributed by atoms with E-state index in [4.69, 9.17) is 0 Å². The van der Waals surface area contributed by atoms with Crippen molar-refractivity contribution in [1.29, 1.82) is 5.26 Å². The molecule has 30 heavy (non-hydrogen) atoms. The summed E-state index contributed by atoms with van der Waals surface area (Å²) in [6.45, 7) is 0.346. The van der Waals surface area contributed by atoms with Crippen LogP contribution in [0.1, 0.15) is 36.8 Å². The fraction of sp³-hybridized carbons (Fsp3) is 0.304. The van der Waals surface area contributed by atoms with Crippen molar-refractivity contribution in [2.24, 2.45) is 0 Å². The first-order valence-electron chi connectivity index (χ1n) is 10.0. The van der Waals surface area contributed by atoms with Crippen LogP contribution >= 0.6 is 0 Å². The molecule has 6 nitrogen and oxygen atoms in total. The molecule has 0 bridgehead atoms. The smallest absolute Gasteiger partial charge is 0.261 e. The summed E-state index contributed by atoms with van der Waals surface area (Å²) < 4.78 is 27.7. The lowest BCUT2D eigenvalue weighted by Crippen LogP contribution is -2.32. The quantitative estimate of drug-likeness (QED) is 0.503. The fourth-order valence-electron chi connectivity index (χ4n) is 3.45. The molecule has 3 rings (SSSR count). The first-order valence-corrected chi connectivity index (χ1v) is 11.5. The zero-order valence-corrected chi connectivity index (χ0v) is 17.5. The number of rotatable bonds is 8. The second-order valence-electron chi connectivity index (χ2n) is 7.33. The van der Waals surface area contributed by atoms with Gasteiger partial charge in [0.25, 0.3) is 5.91 Å². The van der Waals surface area contributed by atoms with Crippen molar-refractivity contribution in [1.82, 2.24) is 10.0 Å². The SMILES string of the molecule is N#C/C(=C\c1ccccc1)C(=O)NCCc1ccc(S(=O)(=O)NC2CCCC2)cc1. The predicted octanol–water partition coefficient (Wildman–Crippen LogP) is 3.17. The van der Waals surface area contributed by atoms with Gasteiger partial charge in [0.15, 0.2) is 0 Å². The lowest BCUT2D eigenvalue weighted by Gasteiger charge is -2.13. The van der Waals surface area contributed by atoms with Crippen molar-refractivity contribution in [3.05, 3.63) is 71.3 Å². The van der Waals surface area contributed by atoms with Crippen molar-refractivity contribution in [3.8, 4) is 6.07 Å². The summed E-state index contributed by atoms with van der Waals surface area (Å²) >= 11 is 0. The van der Waals surface area contributed by atoms with E-state index in [0.717, 1.165) is 36.8 Å². The number of nitriles is 1. The topological polar surface area (TPSA) is 99.1 Å². The van der Waals surface area contributed by atoms with Gasteiger partial charge in [-0.2, -0.15) is 5.26 Å². The first kappa shape index (κ1) is 21.8. The number of hydrogen-bond donors (Lipinski definition) is 2. The van der Waals surface area contributed by atoms with Gasteiger partial charge >= 0.3 is 0 Å². The second kappa shape index (κ2) is 10.2. The van der Waals surface area contributed by atoms with Gasteiger partial charge in [-0.3, -0.25) is 4.79 Å². The second-order valence-corrected chi connectivity index (χ2v) is 9.05. The number of amides is 1. The van der Waals surface area contributed by atoms with E-state index in [9.17, 15) is 18.5 Å². The van der Waals surface area contributed by atoms with Crippen LogP contribution in [0.3, 0.4) is 0 Å². The summed E-state index contributed by atoms with van der Waals surface area (Å²) in [5.74, 6) is -0.429. The van der Waals surface area contributed by atoms with E-state index in [0.29, 0.717) is 13.0 Å². The van der Waals surface area contributed by atoms with Crippen LogP contribution in [0.25, 0.3) is 6.08 Å². The number of carbonyl (C=O) groups excluding carboxylic acids is 1. The number of nitrogens with zero attached hydrogens (tertiary/aromatic N) is 1. The van der Waals surface area contributed by atoms with Gasteiger partial charge in [0.05, 0.1) is 4.90 Å². The largest absolute Gasteiger partial charge is 0.351 e. The number of sulfonamides is 1. The Morgan fingerprint density at radius 3 is 2.37 bits per heavy atom. The maximum atomic E-state index is 12.5. The Hall–Kier alpha value is -2.95. The van der Waals surface area contributed by atoms with Gasteiger partial charge in [-0.05, 0) is 48.6 Å². The lowest BCUT2D eigenvalue weighted by molar-refractivity contribution is -0.117. The average Bonchev–Trinajstić information content (AvgIpc) is 3.25. The molecule has 0 saturated heterocycles. The van der Waals surface area contributed by atoms with Gasteiger partial charge in [-0.1, -0.05) is 55.3 Å². The molecule has 0 aromatic heterocycles. The molecule has 2 N–H and O–H groups in total. The molecule has 1 saturated carbocycles. The predicted molar refractivity (Wildman–Crippen MR) is 116 cm³/mol. The molecule has 0 heterocycles. The van der Waals surface area contributed by atoms with Crippen LogP contribution in [0.2, 0.25) is 0 Å². The maximum absolute atomic E-state index is 12.5. The third-order valence-electron chi connectivity index (χ3n) is 5.09. The molecule has 1 amide bonds. The summed E-state index contributed by atoms with van der Waals surface area (Å²) in [5.41, 5.74) is 1.73. The Bertz CT molecular complexity index is 1030. The van der Waals surface area contributed by atoms with Gasteiger partial charge in [0.1, 0.15) is 11.6 Å². The van der Waals surface area contributed by atoms with Gasteiger partial charge < -0.3 is 5.32 Å². The van der Waals surface area contributed by atoms with Gasteiger partial charge in [-0.15, -0.1) is 0 Å². The minimum atomic E-state index is -3.50. The molecule has 2 aromatic carbocycles. The number of nitrogens with one attached hydrogen (secondary N) is 2. The third-order valence-corrected chi connectivity index (χ3v) is 6.62. The zero-order chi connectivity index (χ0) is 21.4. The Labute approximate surface area is 177 Å². The Morgan fingerprint density at radius 1 is 1.07 bits per heavy atom. The van der Waals surface area contributed by atoms with Crippen LogP contribution in [0.15, 0.2) is 65.1 Å². The molecule has 0 unspecified atom stereocenters. The molecule has 0 atom stereocenters. The highest BCUT2D eigenvalue weighted by atomic mass is 32.2. The van der Waals surface area contributed by atoms with Crippen molar-refractivity contribution in [3.63, 3.8) is 0 Å². The Balaban J connectivity index is 1.53. The van der Waals surface area contributed by atoms with E-state index < -0.39 is 15.9 Å². The van der Waals surface area contributed by atoms with E-state index >= 15 is 0 Å². The van der Waals surface area contributed by atoms with Crippen molar-refractivity contribution in [2.45, 2.75) is 43.0 Å². The van der Waals surface area contributed by atoms with Gasteiger partial charge in [0.2, 0.25) is 10.0 Å². The summed E-state index contributed by atoms with van der Waals surface area (Å²) in [6, 6.07) is 17.8.